The number of carbonyl (C=O) groups excluding carboxylic acids is 1. The molecular formula is C26H17ClF3N3O2S. The van der Waals surface area contributed by atoms with E-state index in [0.29, 0.717) is 21.4 Å². The molecule has 1 amide bonds. The molecule has 3 aromatic carbocycles. The molecular weight excluding hydrogens is 511 g/mol. The van der Waals surface area contributed by atoms with Crippen LogP contribution in [0.15, 0.2) is 78.9 Å². The second-order valence-corrected chi connectivity index (χ2v) is 9.67. The molecule has 0 fully saturated rings. The Hall–Kier alpha value is -3.82. The molecule has 10 heteroatoms. The number of hydrogen-bond acceptors (Lipinski definition) is 4. The maximum absolute atomic E-state index is 13.2. The number of nitrogens with zero attached hydrogens (tertiary/aromatic N) is 1. The van der Waals surface area contributed by atoms with E-state index in [1.54, 1.807) is 48.5 Å². The minimum atomic E-state index is -4.51. The number of carbonyl (C=O) groups is 1. The van der Waals surface area contributed by atoms with Crippen molar-refractivity contribution >= 4 is 45.6 Å². The molecule has 2 heterocycles. The summed E-state index contributed by atoms with van der Waals surface area (Å²) in [6.45, 7) is 0. The lowest BCUT2D eigenvalue weighted by Crippen LogP contribution is -2.13. The molecule has 0 aliphatic carbocycles. The van der Waals surface area contributed by atoms with Gasteiger partial charge in [-0.1, -0.05) is 23.7 Å². The topological polar surface area (TPSA) is 67.0 Å². The zero-order chi connectivity index (χ0) is 25.3. The predicted octanol–water partition coefficient (Wildman–Crippen LogP) is 7.94. The van der Waals surface area contributed by atoms with E-state index in [0.717, 1.165) is 22.0 Å². The average Bonchev–Trinajstić information content (AvgIpc) is 3.44. The Labute approximate surface area is 212 Å². The second kappa shape index (κ2) is 9.67. The number of ether oxygens (including phenoxy) is 1. The summed E-state index contributed by atoms with van der Waals surface area (Å²) in [5, 5.41) is 2.87. The minimum absolute atomic E-state index is 0.157. The lowest BCUT2D eigenvalue weighted by molar-refractivity contribution is -0.138. The number of halogens is 4. The number of thiophene rings is 1. The van der Waals surface area contributed by atoms with Gasteiger partial charge in [0.1, 0.15) is 17.3 Å². The second-order valence-electron chi connectivity index (χ2n) is 7.87. The number of amides is 1. The summed E-state index contributed by atoms with van der Waals surface area (Å²) in [5.41, 5.74) is 1.93. The van der Waals surface area contributed by atoms with Crippen molar-refractivity contribution in [2.75, 3.05) is 5.32 Å². The fourth-order valence-corrected chi connectivity index (χ4v) is 4.72. The van der Waals surface area contributed by atoms with Crippen molar-refractivity contribution in [3.8, 4) is 22.9 Å². The number of benzene rings is 3. The molecule has 5 nitrogen and oxygen atoms in total. The molecule has 2 N–H and O–H groups in total. The fraction of sp³-hybridized carbons (Fsp3) is 0.0769. The SMILES string of the molecule is O=C(Cc1ccc(Cl)s1)Nc1ccc2nc(-c3ccc(Oc4ccccc4C(F)(F)F)cc3)[nH]c2c1. The number of nitrogens with one attached hydrogen (secondary N) is 2. The molecule has 0 radical (unpaired) electrons. The third kappa shape index (κ3) is 5.37. The zero-order valence-electron chi connectivity index (χ0n) is 18.4. The van der Waals surface area contributed by atoms with Gasteiger partial charge in [-0.2, -0.15) is 13.2 Å². The summed E-state index contributed by atoms with van der Waals surface area (Å²) in [6.07, 6.45) is -4.29. The van der Waals surface area contributed by atoms with Crippen molar-refractivity contribution in [2.24, 2.45) is 0 Å². The first-order valence-electron chi connectivity index (χ1n) is 10.7. The van der Waals surface area contributed by atoms with Gasteiger partial charge in [0.05, 0.1) is 27.4 Å². The van der Waals surface area contributed by atoms with Gasteiger partial charge in [-0.05, 0) is 66.7 Å². The van der Waals surface area contributed by atoms with Gasteiger partial charge in [0, 0.05) is 16.1 Å². The number of aromatic amines is 1. The number of anilines is 1. The van der Waals surface area contributed by atoms with Crippen molar-refractivity contribution in [1.29, 1.82) is 0 Å². The van der Waals surface area contributed by atoms with Crippen LogP contribution in [0.4, 0.5) is 18.9 Å². The molecule has 0 atom stereocenters. The highest BCUT2D eigenvalue weighted by Crippen LogP contribution is 2.38. The van der Waals surface area contributed by atoms with E-state index in [9.17, 15) is 18.0 Å². The van der Waals surface area contributed by atoms with Crippen LogP contribution in [-0.4, -0.2) is 15.9 Å². The number of imidazole rings is 1. The Balaban J connectivity index is 1.30. The van der Waals surface area contributed by atoms with Gasteiger partial charge in [-0.3, -0.25) is 4.79 Å². The van der Waals surface area contributed by atoms with E-state index >= 15 is 0 Å². The van der Waals surface area contributed by atoms with Gasteiger partial charge < -0.3 is 15.0 Å². The Morgan fingerprint density at radius 1 is 1.03 bits per heavy atom. The van der Waals surface area contributed by atoms with Gasteiger partial charge in [0.25, 0.3) is 0 Å². The summed E-state index contributed by atoms with van der Waals surface area (Å²) in [7, 11) is 0. The van der Waals surface area contributed by atoms with E-state index in [2.05, 4.69) is 15.3 Å². The van der Waals surface area contributed by atoms with Crippen LogP contribution in [0.3, 0.4) is 0 Å². The van der Waals surface area contributed by atoms with E-state index in [4.69, 9.17) is 16.3 Å². The Kier molecular flexibility index (Phi) is 6.42. The number of aromatic nitrogens is 2. The van der Waals surface area contributed by atoms with Crippen molar-refractivity contribution in [2.45, 2.75) is 12.6 Å². The van der Waals surface area contributed by atoms with Crippen molar-refractivity contribution in [3.63, 3.8) is 0 Å². The first-order chi connectivity index (χ1) is 17.2. The molecule has 36 heavy (non-hydrogen) atoms. The van der Waals surface area contributed by atoms with Crippen LogP contribution in [0.25, 0.3) is 22.4 Å². The molecule has 0 spiro atoms. The predicted molar refractivity (Wildman–Crippen MR) is 135 cm³/mol. The van der Waals surface area contributed by atoms with Gasteiger partial charge >= 0.3 is 6.18 Å². The molecule has 5 aromatic rings. The lowest BCUT2D eigenvalue weighted by atomic mass is 10.2. The van der Waals surface area contributed by atoms with Crippen LogP contribution in [-0.2, 0) is 17.4 Å². The minimum Gasteiger partial charge on any atom is -0.457 e. The average molecular weight is 528 g/mol. The molecule has 0 unspecified atom stereocenters. The van der Waals surface area contributed by atoms with Gasteiger partial charge in [0.2, 0.25) is 5.91 Å². The maximum Gasteiger partial charge on any atom is 0.419 e. The van der Waals surface area contributed by atoms with Crippen LogP contribution in [0.1, 0.15) is 10.4 Å². The molecule has 2 aromatic heterocycles. The number of hydrogen-bond donors (Lipinski definition) is 2. The Bertz CT molecular complexity index is 1540. The summed E-state index contributed by atoms with van der Waals surface area (Å²) in [5.74, 6) is 0.418. The highest BCUT2D eigenvalue weighted by molar-refractivity contribution is 7.16. The summed E-state index contributed by atoms with van der Waals surface area (Å²) < 4.78 is 45.8. The lowest BCUT2D eigenvalue weighted by Gasteiger charge is -2.13. The van der Waals surface area contributed by atoms with Crippen LogP contribution in [0.5, 0.6) is 11.5 Å². The quantitative estimate of drug-likeness (QED) is 0.235. The standard InChI is InChI=1S/C26H17ClF3N3O2S/c27-23-12-10-18(36-23)14-24(34)31-16-7-11-20-21(13-16)33-25(32-20)15-5-8-17(9-6-15)35-22-4-2-1-3-19(22)26(28,29)30/h1-13H,14H2,(H,31,34)(H,32,33). The smallest absolute Gasteiger partial charge is 0.419 e. The Morgan fingerprint density at radius 2 is 1.81 bits per heavy atom. The molecule has 182 valence electrons. The molecule has 0 saturated carbocycles. The first kappa shape index (κ1) is 23.9. The number of H-pyrrole nitrogens is 1. The van der Waals surface area contributed by atoms with Crippen LogP contribution < -0.4 is 10.1 Å². The first-order valence-corrected chi connectivity index (χ1v) is 11.9. The normalized spacial score (nSPS) is 11.6. The van der Waals surface area contributed by atoms with E-state index < -0.39 is 11.7 Å². The summed E-state index contributed by atoms with van der Waals surface area (Å²) in [6, 6.07) is 20.6. The third-order valence-electron chi connectivity index (χ3n) is 5.28. The van der Waals surface area contributed by atoms with Crippen molar-refractivity contribution < 1.29 is 22.7 Å². The number of para-hydroxylation sites is 1. The van der Waals surface area contributed by atoms with Crippen LogP contribution in [0, 0.1) is 0 Å². The molecule has 0 aliphatic rings. The van der Waals surface area contributed by atoms with Crippen LogP contribution >= 0.6 is 22.9 Å². The molecule has 0 saturated heterocycles. The van der Waals surface area contributed by atoms with Crippen molar-refractivity contribution in [3.05, 3.63) is 93.6 Å². The van der Waals surface area contributed by atoms with Crippen molar-refractivity contribution in [1.82, 2.24) is 9.97 Å². The number of alkyl halides is 3. The fourth-order valence-electron chi connectivity index (χ4n) is 3.63. The van der Waals surface area contributed by atoms with Gasteiger partial charge in [0.15, 0.2) is 0 Å². The number of rotatable bonds is 6. The van der Waals surface area contributed by atoms with E-state index in [1.807, 2.05) is 6.07 Å². The molecule has 0 aliphatic heterocycles. The Morgan fingerprint density at radius 3 is 2.53 bits per heavy atom. The largest absolute Gasteiger partial charge is 0.457 e. The maximum atomic E-state index is 13.2. The van der Waals surface area contributed by atoms with Gasteiger partial charge in [-0.25, -0.2) is 4.98 Å². The third-order valence-corrected chi connectivity index (χ3v) is 6.51. The zero-order valence-corrected chi connectivity index (χ0v) is 20.0. The highest BCUT2D eigenvalue weighted by Gasteiger charge is 2.34. The molecule has 5 rings (SSSR count). The molecule has 0 bridgehead atoms. The van der Waals surface area contributed by atoms with Gasteiger partial charge in [-0.15, -0.1) is 11.3 Å². The highest BCUT2D eigenvalue weighted by atomic mass is 35.5. The number of fused-ring (bicyclic) bond motifs is 1. The summed E-state index contributed by atoms with van der Waals surface area (Å²) in [4.78, 5) is 21.0. The summed E-state index contributed by atoms with van der Waals surface area (Å²) >= 11 is 7.28. The van der Waals surface area contributed by atoms with E-state index in [-0.39, 0.29) is 23.8 Å². The van der Waals surface area contributed by atoms with Crippen LogP contribution in [0.2, 0.25) is 4.34 Å². The monoisotopic (exact) mass is 527 g/mol. The van der Waals surface area contributed by atoms with E-state index in [1.165, 1.54) is 29.5 Å².